The molecule has 9 heteroatoms. The third-order valence-electron chi connectivity index (χ3n) is 4.82. The van der Waals surface area contributed by atoms with Crippen molar-refractivity contribution in [2.24, 2.45) is 0 Å². The molecule has 2 atom stereocenters. The van der Waals surface area contributed by atoms with Crippen molar-refractivity contribution in [2.45, 2.75) is 90.2 Å². The number of hydrogen-bond acceptors (Lipinski definition) is 7. The number of amides is 1. The Bertz CT molecular complexity index is 408. The first-order valence-electron chi connectivity index (χ1n) is 11.6. The van der Waals surface area contributed by atoms with Gasteiger partial charge in [-0.15, -0.1) is 0 Å². The second-order valence-corrected chi connectivity index (χ2v) is 7.71. The predicted molar refractivity (Wildman–Crippen MR) is 121 cm³/mol. The number of aliphatic hydroxyl groups is 4. The Hall–Kier alpha value is -1.26. The number of aliphatic hydroxyl groups excluding tert-OH is 4. The molecule has 0 aromatic heterocycles. The van der Waals surface area contributed by atoms with Gasteiger partial charge in [0.25, 0.3) is 0 Å². The molecule has 0 saturated carbocycles. The number of carboxylic acids is 1. The fourth-order valence-electron chi connectivity index (χ4n) is 2.99. The smallest absolute Gasteiger partial charge is 0.328 e. The van der Waals surface area contributed by atoms with Crippen LogP contribution in [-0.2, 0) is 9.59 Å². The molecule has 6 N–H and O–H groups in total. The second kappa shape index (κ2) is 23.4. The normalized spacial score (nSPS) is 12.7. The molecule has 9 nitrogen and oxygen atoms in total. The molecule has 2 unspecified atom stereocenters. The zero-order valence-corrected chi connectivity index (χ0v) is 19.5. The van der Waals surface area contributed by atoms with Gasteiger partial charge >= 0.3 is 5.97 Å². The van der Waals surface area contributed by atoms with Crippen LogP contribution in [0, 0.1) is 0 Å². The van der Waals surface area contributed by atoms with Gasteiger partial charge in [0.1, 0.15) is 0 Å². The lowest BCUT2D eigenvalue weighted by molar-refractivity contribution is -0.144. The molecule has 0 bridgehead atoms. The van der Waals surface area contributed by atoms with Gasteiger partial charge in [0.15, 0.2) is 6.04 Å². The van der Waals surface area contributed by atoms with E-state index >= 15 is 0 Å². The van der Waals surface area contributed by atoms with Crippen molar-refractivity contribution in [3.63, 3.8) is 0 Å². The van der Waals surface area contributed by atoms with Crippen LogP contribution in [0.25, 0.3) is 0 Å². The van der Waals surface area contributed by atoms with Gasteiger partial charge < -0.3 is 30.8 Å². The Morgan fingerprint density at radius 3 is 1.58 bits per heavy atom. The molecule has 0 saturated heterocycles. The lowest BCUT2D eigenvalue weighted by Gasteiger charge is -2.17. The molecule has 1 amide bonds. The van der Waals surface area contributed by atoms with Crippen molar-refractivity contribution in [2.75, 3.05) is 39.5 Å². The highest BCUT2D eigenvalue weighted by Crippen LogP contribution is 2.10. The van der Waals surface area contributed by atoms with E-state index in [-0.39, 0.29) is 25.7 Å². The predicted octanol–water partition coefficient (Wildman–Crippen LogP) is 1.12. The molecular formula is C22H46N2O7. The summed E-state index contributed by atoms with van der Waals surface area (Å²) in [6.45, 7) is 5.32. The van der Waals surface area contributed by atoms with Crippen LogP contribution in [0.3, 0.4) is 0 Å². The third kappa shape index (κ3) is 21.7. The van der Waals surface area contributed by atoms with Gasteiger partial charge in [0, 0.05) is 26.1 Å². The number of carbonyl (C=O) groups excluding carboxylic acids is 1. The maximum Gasteiger partial charge on any atom is 0.328 e. The summed E-state index contributed by atoms with van der Waals surface area (Å²) in [4.78, 5) is 24.2. The molecule has 0 radical (unpaired) electrons. The summed E-state index contributed by atoms with van der Waals surface area (Å²) in [5.41, 5.74) is 0. The highest BCUT2D eigenvalue weighted by Gasteiger charge is 2.24. The average molecular weight is 451 g/mol. The lowest BCUT2D eigenvalue weighted by Crippen LogP contribution is -2.47. The van der Waals surface area contributed by atoms with Crippen LogP contribution in [0.1, 0.15) is 78.1 Å². The zero-order chi connectivity index (χ0) is 23.9. The molecule has 0 aliphatic carbocycles. The molecule has 0 aliphatic heterocycles. The minimum absolute atomic E-state index is 0.0694. The SMILES string of the molecule is CCCCCCCCCCCC(=O)NC(C(=O)O)C(C)O.OCCN(CCO)CCO. The Morgan fingerprint density at radius 1 is 0.806 bits per heavy atom. The minimum Gasteiger partial charge on any atom is -0.480 e. The Kier molecular flexibility index (Phi) is 24.1. The Balaban J connectivity index is 0. The molecular weight excluding hydrogens is 404 g/mol. The maximum atomic E-state index is 11.6. The van der Waals surface area contributed by atoms with Gasteiger partial charge in [-0.3, -0.25) is 9.69 Å². The number of carbonyl (C=O) groups is 2. The van der Waals surface area contributed by atoms with E-state index in [2.05, 4.69) is 12.2 Å². The molecule has 0 aromatic rings. The highest BCUT2D eigenvalue weighted by molar-refractivity contribution is 5.83. The van der Waals surface area contributed by atoms with E-state index in [1.165, 1.54) is 45.4 Å². The monoisotopic (exact) mass is 450 g/mol. The van der Waals surface area contributed by atoms with Crippen LogP contribution in [0.4, 0.5) is 0 Å². The largest absolute Gasteiger partial charge is 0.480 e. The van der Waals surface area contributed by atoms with Crippen molar-refractivity contribution in [1.29, 1.82) is 0 Å². The summed E-state index contributed by atoms with van der Waals surface area (Å²) in [5, 5.41) is 45.9. The standard InChI is InChI=1S/C16H31NO4.C6H15NO3/c1-3-4-5-6-7-8-9-10-11-12-14(19)17-15(13(2)18)16(20)21;8-4-1-7(2-5-9)3-6-10/h13,15,18H,3-12H2,1-2H3,(H,17,19)(H,20,21);8-10H,1-6H2. The molecule has 31 heavy (non-hydrogen) atoms. The summed E-state index contributed by atoms with van der Waals surface area (Å²) >= 11 is 0. The molecule has 186 valence electrons. The zero-order valence-electron chi connectivity index (χ0n) is 19.5. The number of hydrogen-bond donors (Lipinski definition) is 6. The molecule has 0 aliphatic rings. The summed E-state index contributed by atoms with van der Waals surface area (Å²) in [6.07, 6.45) is 9.77. The average Bonchev–Trinajstić information content (AvgIpc) is 2.71. The quantitative estimate of drug-likeness (QED) is 0.160. The molecule has 0 aromatic carbocycles. The molecule has 0 spiro atoms. The van der Waals surface area contributed by atoms with E-state index in [0.717, 1.165) is 19.3 Å². The van der Waals surface area contributed by atoms with E-state index in [9.17, 15) is 14.7 Å². The second-order valence-electron chi connectivity index (χ2n) is 7.71. The van der Waals surface area contributed by atoms with E-state index in [1.54, 1.807) is 4.90 Å². The van der Waals surface area contributed by atoms with Crippen LogP contribution >= 0.6 is 0 Å². The first-order chi connectivity index (χ1) is 14.8. The number of aliphatic carboxylic acids is 1. The van der Waals surface area contributed by atoms with Gasteiger partial charge in [0.2, 0.25) is 5.91 Å². The van der Waals surface area contributed by atoms with Gasteiger partial charge in [-0.2, -0.15) is 0 Å². The van der Waals surface area contributed by atoms with Crippen molar-refractivity contribution in [3.05, 3.63) is 0 Å². The van der Waals surface area contributed by atoms with Crippen LogP contribution in [0.15, 0.2) is 0 Å². The number of nitrogens with zero attached hydrogens (tertiary/aromatic N) is 1. The van der Waals surface area contributed by atoms with Crippen LogP contribution in [0.5, 0.6) is 0 Å². The summed E-state index contributed by atoms with van der Waals surface area (Å²) in [5.74, 6) is -1.50. The van der Waals surface area contributed by atoms with Gasteiger partial charge in [-0.05, 0) is 13.3 Å². The van der Waals surface area contributed by atoms with Crippen molar-refractivity contribution in [3.8, 4) is 0 Å². The van der Waals surface area contributed by atoms with Gasteiger partial charge in [-0.25, -0.2) is 4.79 Å². The number of nitrogens with one attached hydrogen (secondary N) is 1. The van der Waals surface area contributed by atoms with E-state index < -0.39 is 18.1 Å². The molecule has 0 fully saturated rings. The molecule has 0 heterocycles. The fourth-order valence-corrected chi connectivity index (χ4v) is 2.99. The van der Waals surface area contributed by atoms with Gasteiger partial charge in [0.05, 0.1) is 25.9 Å². The number of rotatable bonds is 19. The van der Waals surface area contributed by atoms with E-state index in [4.69, 9.17) is 20.4 Å². The Morgan fingerprint density at radius 2 is 1.23 bits per heavy atom. The first-order valence-corrected chi connectivity index (χ1v) is 11.6. The van der Waals surface area contributed by atoms with Crippen LogP contribution in [0.2, 0.25) is 0 Å². The fraction of sp³-hybridized carbons (Fsp3) is 0.909. The third-order valence-corrected chi connectivity index (χ3v) is 4.82. The first kappa shape index (κ1) is 31.9. The maximum absolute atomic E-state index is 11.6. The highest BCUT2D eigenvalue weighted by atomic mass is 16.4. The van der Waals surface area contributed by atoms with Gasteiger partial charge in [-0.1, -0.05) is 58.3 Å². The Labute approximate surface area is 187 Å². The topological polar surface area (TPSA) is 151 Å². The van der Waals surface area contributed by atoms with Crippen molar-refractivity contribution >= 4 is 11.9 Å². The van der Waals surface area contributed by atoms with Crippen LogP contribution < -0.4 is 5.32 Å². The van der Waals surface area contributed by atoms with E-state index in [0.29, 0.717) is 26.1 Å². The number of carboxylic acid groups (broad SMARTS) is 1. The summed E-state index contributed by atoms with van der Waals surface area (Å²) < 4.78 is 0. The minimum atomic E-state index is -1.21. The van der Waals surface area contributed by atoms with E-state index in [1.807, 2.05) is 0 Å². The van der Waals surface area contributed by atoms with Crippen molar-refractivity contribution < 1.29 is 35.1 Å². The lowest BCUT2D eigenvalue weighted by atomic mass is 10.1. The summed E-state index contributed by atoms with van der Waals surface area (Å²) in [6, 6.07) is -1.21. The molecule has 0 rings (SSSR count). The van der Waals surface area contributed by atoms with Crippen LogP contribution in [-0.4, -0.2) is 93.9 Å². The summed E-state index contributed by atoms with van der Waals surface area (Å²) in [7, 11) is 0. The van der Waals surface area contributed by atoms with Crippen molar-refractivity contribution in [1.82, 2.24) is 10.2 Å². The number of unbranched alkanes of at least 4 members (excludes halogenated alkanes) is 8.